The van der Waals surface area contributed by atoms with E-state index in [9.17, 15) is 9.59 Å². The van der Waals surface area contributed by atoms with Gasteiger partial charge in [0.15, 0.2) is 0 Å². The Labute approximate surface area is 167 Å². The van der Waals surface area contributed by atoms with E-state index in [0.29, 0.717) is 5.75 Å². The monoisotopic (exact) mass is 391 g/mol. The number of aryl methyl sites for hydroxylation is 2. The Morgan fingerprint density at radius 3 is 2.29 bits per heavy atom. The number of nitrogens with zero attached hydrogens (tertiary/aromatic N) is 1. The van der Waals surface area contributed by atoms with Crippen LogP contribution in [0.2, 0.25) is 0 Å². The predicted octanol–water partition coefficient (Wildman–Crippen LogP) is 4.89. The number of carbonyl (C=O) groups excluding carboxylic acids is 1. The molecule has 4 rings (SSSR count). The van der Waals surface area contributed by atoms with Crippen molar-refractivity contribution in [2.45, 2.75) is 19.8 Å². The van der Waals surface area contributed by atoms with Crippen LogP contribution >= 0.6 is 11.8 Å². The standard InChI is InChI=1S/C23H21NO3S/c1-15-3-7-17(8-4-15)19-13-21(18-9-5-16(2)6-10-18)28-14-20(19)22(25)24-11-12-27-23(24)26/h3-13,19-20H,14H2,1-2H3/t19-,20-/m0/s1. The molecule has 1 aromatic heterocycles. The Hall–Kier alpha value is -2.79. The topological polar surface area (TPSA) is 52.2 Å². The number of thioether (sulfide) groups is 1. The minimum Gasteiger partial charge on any atom is -0.416 e. The van der Waals surface area contributed by atoms with Gasteiger partial charge in [-0.1, -0.05) is 65.7 Å². The second kappa shape index (κ2) is 7.68. The van der Waals surface area contributed by atoms with E-state index in [1.165, 1.54) is 23.6 Å². The number of hydrogen-bond donors (Lipinski definition) is 0. The highest BCUT2D eigenvalue weighted by Crippen LogP contribution is 2.43. The van der Waals surface area contributed by atoms with Crippen LogP contribution in [0.4, 0.5) is 0 Å². The zero-order valence-corrected chi connectivity index (χ0v) is 16.6. The van der Waals surface area contributed by atoms with E-state index in [-0.39, 0.29) is 17.7 Å². The van der Waals surface area contributed by atoms with Crippen molar-refractivity contribution >= 4 is 22.6 Å². The highest BCUT2D eigenvalue weighted by atomic mass is 32.2. The molecular formula is C23H21NO3S. The van der Waals surface area contributed by atoms with Gasteiger partial charge in [0.05, 0.1) is 12.1 Å². The van der Waals surface area contributed by atoms with Crippen molar-refractivity contribution in [2.24, 2.45) is 5.92 Å². The summed E-state index contributed by atoms with van der Waals surface area (Å²) in [6, 6.07) is 16.7. The summed E-state index contributed by atoms with van der Waals surface area (Å²) in [5.41, 5.74) is 4.61. The third-order valence-corrected chi connectivity index (χ3v) is 6.32. The lowest BCUT2D eigenvalue weighted by Crippen LogP contribution is -2.34. The first-order chi connectivity index (χ1) is 13.5. The maximum Gasteiger partial charge on any atom is 0.425 e. The van der Waals surface area contributed by atoms with Crippen molar-refractivity contribution in [3.05, 3.63) is 99.9 Å². The molecule has 0 amide bonds. The number of aromatic nitrogens is 1. The van der Waals surface area contributed by atoms with Crippen LogP contribution in [0.3, 0.4) is 0 Å². The average molecular weight is 391 g/mol. The average Bonchev–Trinajstić information content (AvgIpc) is 3.14. The van der Waals surface area contributed by atoms with Crippen LogP contribution in [-0.4, -0.2) is 16.2 Å². The summed E-state index contributed by atoms with van der Waals surface area (Å²) in [5.74, 6) is -0.694. The number of carbonyl (C=O) groups is 1. The number of rotatable bonds is 3. The van der Waals surface area contributed by atoms with E-state index < -0.39 is 5.76 Å². The van der Waals surface area contributed by atoms with Crippen molar-refractivity contribution in [1.82, 2.24) is 4.57 Å². The molecule has 1 aliphatic rings. The van der Waals surface area contributed by atoms with Crippen molar-refractivity contribution in [2.75, 3.05) is 5.75 Å². The Morgan fingerprint density at radius 1 is 1.04 bits per heavy atom. The fraction of sp³-hybridized carbons (Fsp3) is 0.217. The molecule has 142 valence electrons. The number of benzene rings is 2. The van der Waals surface area contributed by atoms with E-state index in [1.807, 2.05) is 6.92 Å². The summed E-state index contributed by atoms with van der Waals surface area (Å²) in [6.45, 7) is 4.11. The first kappa shape index (κ1) is 18.6. The van der Waals surface area contributed by atoms with Gasteiger partial charge in [-0.05, 0) is 25.0 Å². The Balaban J connectivity index is 1.75. The molecule has 0 aliphatic carbocycles. The molecule has 2 heterocycles. The van der Waals surface area contributed by atoms with Crippen LogP contribution in [0.25, 0.3) is 4.91 Å². The first-order valence-electron chi connectivity index (χ1n) is 9.21. The fourth-order valence-corrected chi connectivity index (χ4v) is 4.71. The second-order valence-corrected chi connectivity index (χ2v) is 8.19. The Morgan fingerprint density at radius 2 is 1.68 bits per heavy atom. The largest absolute Gasteiger partial charge is 0.425 e. The minimum atomic E-state index is -0.633. The lowest BCUT2D eigenvalue weighted by atomic mass is 9.85. The molecule has 28 heavy (non-hydrogen) atoms. The molecule has 0 unspecified atom stereocenters. The van der Waals surface area contributed by atoms with Crippen molar-refractivity contribution < 1.29 is 9.21 Å². The quantitative estimate of drug-likeness (QED) is 0.638. The summed E-state index contributed by atoms with van der Waals surface area (Å²) < 4.78 is 5.88. The SMILES string of the molecule is Cc1ccc(C2=C[C@@H](c3ccc(C)cc3)[C@@H](C(=O)n3ccoc3=O)CS2)cc1. The van der Waals surface area contributed by atoms with E-state index in [2.05, 4.69) is 61.5 Å². The smallest absolute Gasteiger partial charge is 0.416 e. The van der Waals surface area contributed by atoms with Crippen molar-refractivity contribution in [1.29, 1.82) is 0 Å². The van der Waals surface area contributed by atoms with E-state index in [0.717, 1.165) is 20.6 Å². The van der Waals surface area contributed by atoms with Crippen LogP contribution in [0.5, 0.6) is 0 Å². The van der Waals surface area contributed by atoms with Gasteiger partial charge in [0.2, 0.25) is 5.91 Å². The molecule has 1 aliphatic heterocycles. The predicted molar refractivity (Wildman–Crippen MR) is 113 cm³/mol. The molecule has 5 heteroatoms. The van der Waals surface area contributed by atoms with Gasteiger partial charge in [-0.2, -0.15) is 0 Å². The molecule has 4 nitrogen and oxygen atoms in total. The van der Waals surface area contributed by atoms with E-state index in [4.69, 9.17) is 4.42 Å². The van der Waals surface area contributed by atoms with Crippen LogP contribution in [0.1, 0.15) is 33.0 Å². The van der Waals surface area contributed by atoms with Gasteiger partial charge in [-0.15, -0.1) is 11.8 Å². The third-order valence-electron chi connectivity index (χ3n) is 5.11. The summed E-state index contributed by atoms with van der Waals surface area (Å²) >= 11 is 1.66. The lowest BCUT2D eigenvalue weighted by Gasteiger charge is -2.29. The highest BCUT2D eigenvalue weighted by Gasteiger charge is 2.34. The molecule has 2 atom stereocenters. The van der Waals surface area contributed by atoms with Crippen LogP contribution in [-0.2, 0) is 0 Å². The molecule has 0 spiro atoms. The van der Waals surface area contributed by atoms with Crippen LogP contribution < -0.4 is 5.76 Å². The molecule has 2 aromatic carbocycles. The van der Waals surface area contributed by atoms with Crippen LogP contribution in [0.15, 0.2) is 76.3 Å². The van der Waals surface area contributed by atoms with Gasteiger partial charge in [0, 0.05) is 16.6 Å². The number of hydrogen-bond acceptors (Lipinski definition) is 4. The van der Waals surface area contributed by atoms with Gasteiger partial charge < -0.3 is 4.42 Å². The van der Waals surface area contributed by atoms with Gasteiger partial charge in [-0.25, -0.2) is 9.36 Å². The van der Waals surface area contributed by atoms with Gasteiger partial charge in [0.1, 0.15) is 6.26 Å². The molecule has 0 fully saturated rings. The second-order valence-electron chi connectivity index (χ2n) is 7.13. The highest BCUT2D eigenvalue weighted by molar-refractivity contribution is 8.08. The summed E-state index contributed by atoms with van der Waals surface area (Å²) in [6.07, 6.45) is 4.82. The zero-order chi connectivity index (χ0) is 19.7. The van der Waals surface area contributed by atoms with Gasteiger partial charge in [0.25, 0.3) is 0 Å². The summed E-state index contributed by atoms with van der Waals surface area (Å²) in [5, 5.41) is 0. The lowest BCUT2D eigenvalue weighted by molar-refractivity contribution is 0.0829. The molecule has 0 radical (unpaired) electrons. The van der Waals surface area contributed by atoms with E-state index >= 15 is 0 Å². The summed E-state index contributed by atoms with van der Waals surface area (Å²) in [4.78, 5) is 26.1. The van der Waals surface area contributed by atoms with Crippen LogP contribution in [0, 0.1) is 19.8 Å². The first-order valence-corrected chi connectivity index (χ1v) is 10.2. The maximum absolute atomic E-state index is 13.1. The molecule has 0 saturated carbocycles. The fourth-order valence-electron chi connectivity index (χ4n) is 3.46. The normalized spacial score (nSPS) is 19.3. The van der Waals surface area contributed by atoms with Crippen molar-refractivity contribution in [3.8, 4) is 0 Å². The summed E-state index contributed by atoms with van der Waals surface area (Å²) in [7, 11) is 0. The third kappa shape index (κ3) is 3.62. The van der Waals surface area contributed by atoms with E-state index in [1.54, 1.807) is 11.8 Å². The van der Waals surface area contributed by atoms with Gasteiger partial charge in [-0.3, -0.25) is 4.79 Å². The Bertz CT molecular complexity index is 1070. The van der Waals surface area contributed by atoms with Gasteiger partial charge >= 0.3 is 5.76 Å². The minimum absolute atomic E-state index is 0.104. The van der Waals surface area contributed by atoms with Crippen molar-refractivity contribution in [3.63, 3.8) is 0 Å². The molecule has 0 bridgehead atoms. The molecular weight excluding hydrogens is 370 g/mol. The number of oxazole rings is 1. The Kier molecular flexibility index (Phi) is 5.09. The number of allylic oxidation sites excluding steroid dienone is 1. The molecule has 0 N–H and O–H groups in total. The molecule has 3 aromatic rings. The maximum atomic E-state index is 13.1. The molecule has 0 saturated heterocycles. The zero-order valence-electron chi connectivity index (χ0n) is 15.8.